The van der Waals surface area contributed by atoms with Crippen LogP contribution in [0, 0.1) is 0 Å². The van der Waals surface area contributed by atoms with E-state index in [1.165, 1.54) is 0 Å². The van der Waals surface area contributed by atoms with Crippen molar-refractivity contribution in [2.45, 2.75) is 38.8 Å². The standard InChI is InChI=1S/C13H19BrN2O2/c1-3-5-16-8-10(14)7-11(16)12(17)15-13(2)4-6-18-9-13/h7-8H,3-6,9H2,1-2H3,(H,15,17). The zero-order chi connectivity index (χ0) is 13.2. The molecule has 1 saturated heterocycles. The van der Waals surface area contributed by atoms with E-state index in [2.05, 4.69) is 28.2 Å². The molecule has 1 unspecified atom stereocenters. The quantitative estimate of drug-likeness (QED) is 0.928. The molecule has 2 heterocycles. The van der Waals surface area contributed by atoms with Crippen molar-refractivity contribution in [2.75, 3.05) is 13.2 Å². The molecule has 1 N–H and O–H groups in total. The Kier molecular flexibility index (Phi) is 4.12. The van der Waals surface area contributed by atoms with Gasteiger partial charge in [0.25, 0.3) is 5.91 Å². The van der Waals surface area contributed by atoms with E-state index in [-0.39, 0.29) is 11.4 Å². The third-order valence-electron chi connectivity index (χ3n) is 3.19. The largest absolute Gasteiger partial charge is 0.379 e. The zero-order valence-corrected chi connectivity index (χ0v) is 12.4. The lowest BCUT2D eigenvalue weighted by atomic mass is 10.0. The second-order valence-corrected chi connectivity index (χ2v) is 5.97. The Balaban J connectivity index is 2.12. The van der Waals surface area contributed by atoms with Crippen LogP contribution in [-0.2, 0) is 11.3 Å². The molecular formula is C13H19BrN2O2. The summed E-state index contributed by atoms with van der Waals surface area (Å²) < 4.78 is 8.27. The van der Waals surface area contributed by atoms with Crippen molar-refractivity contribution in [3.8, 4) is 0 Å². The van der Waals surface area contributed by atoms with Gasteiger partial charge in [0.2, 0.25) is 0 Å². The molecule has 0 saturated carbocycles. The Morgan fingerprint density at radius 3 is 3.06 bits per heavy atom. The van der Waals surface area contributed by atoms with Gasteiger partial charge in [0.1, 0.15) is 5.69 Å². The van der Waals surface area contributed by atoms with Crippen molar-refractivity contribution in [3.63, 3.8) is 0 Å². The van der Waals surface area contributed by atoms with E-state index in [0.717, 1.165) is 30.5 Å². The summed E-state index contributed by atoms with van der Waals surface area (Å²) in [6.07, 6.45) is 3.82. The topological polar surface area (TPSA) is 43.3 Å². The molecule has 0 aromatic carbocycles. The van der Waals surface area contributed by atoms with Crippen LogP contribution >= 0.6 is 15.9 Å². The molecule has 4 nitrogen and oxygen atoms in total. The summed E-state index contributed by atoms with van der Waals surface area (Å²) in [6, 6.07) is 1.87. The number of hydrogen-bond donors (Lipinski definition) is 1. The number of nitrogens with zero attached hydrogens (tertiary/aromatic N) is 1. The molecule has 2 rings (SSSR count). The maximum absolute atomic E-state index is 12.3. The van der Waals surface area contributed by atoms with Gasteiger partial charge in [-0.25, -0.2) is 0 Å². The normalized spacial score (nSPS) is 23.3. The summed E-state index contributed by atoms with van der Waals surface area (Å²) >= 11 is 3.42. The van der Waals surface area contributed by atoms with Gasteiger partial charge >= 0.3 is 0 Å². The van der Waals surface area contributed by atoms with Gasteiger partial charge in [-0.05, 0) is 41.8 Å². The van der Waals surface area contributed by atoms with E-state index in [4.69, 9.17) is 4.74 Å². The number of nitrogens with one attached hydrogen (secondary N) is 1. The predicted molar refractivity (Wildman–Crippen MR) is 73.7 cm³/mol. The molecular weight excluding hydrogens is 296 g/mol. The molecule has 1 aliphatic rings. The van der Waals surface area contributed by atoms with Crippen LogP contribution in [0.25, 0.3) is 0 Å². The molecule has 100 valence electrons. The first-order chi connectivity index (χ1) is 8.54. The van der Waals surface area contributed by atoms with Gasteiger partial charge < -0.3 is 14.6 Å². The summed E-state index contributed by atoms with van der Waals surface area (Å²) in [6.45, 7) is 6.29. The number of halogens is 1. The minimum absolute atomic E-state index is 0.0258. The number of ether oxygens (including phenoxy) is 1. The van der Waals surface area contributed by atoms with Crippen molar-refractivity contribution < 1.29 is 9.53 Å². The molecule has 0 radical (unpaired) electrons. The van der Waals surface area contributed by atoms with Crippen molar-refractivity contribution in [2.24, 2.45) is 0 Å². The maximum atomic E-state index is 12.3. The molecule has 0 aliphatic carbocycles. The van der Waals surface area contributed by atoms with Gasteiger partial charge in [-0.3, -0.25) is 4.79 Å². The first-order valence-corrected chi connectivity index (χ1v) is 7.09. The van der Waals surface area contributed by atoms with Crippen LogP contribution in [0.15, 0.2) is 16.7 Å². The Hall–Kier alpha value is -0.810. The van der Waals surface area contributed by atoms with Crippen LogP contribution in [0.3, 0.4) is 0 Å². The Morgan fingerprint density at radius 1 is 1.67 bits per heavy atom. The zero-order valence-electron chi connectivity index (χ0n) is 10.8. The van der Waals surface area contributed by atoms with Gasteiger partial charge in [0, 0.05) is 23.8 Å². The monoisotopic (exact) mass is 314 g/mol. The number of carbonyl (C=O) groups excluding carboxylic acids is 1. The molecule has 1 aromatic rings. The Morgan fingerprint density at radius 2 is 2.44 bits per heavy atom. The predicted octanol–water partition coefficient (Wildman–Crippen LogP) is 2.57. The van der Waals surface area contributed by atoms with E-state index in [9.17, 15) is 4.79 Å². The van der Waals surface area contributed by atoms with Crippen LogP contribution < -0.4 is 5.32 Å². The molecule has 1 aliphatic heterocycles. The van der Waals surface area contributed by atoms with Crippen molar-refractivity contribution in [1.82, 2.24) is 9.88 Å². The van der Waals surface area contributed by atoms with Gasteiger partial charge in [-0.2, -0.15) is 0 Å². The van der Waals surface area contributed by atoms with Crippen LogP contribution in [0.2, 0.25) is 0 Å². The van der Waals surface area contributed by atoms with E-state index < -0.39 is 0 Å². The third-order valence-corrected chi connectivity index (χ3v) is 3.63. The third kappa shape index (κ3) is 2.95. The number of carbonyl (C=O) groups is 1. The molecule has 1 atom stereocenters. The maximum Gasteiger partial charge on any atom is 0.268 e. The van der Waals surface area contributed by atoms with Gasteiger partial charge in [0.15, 0.2) is 0 Å². The molecule has 0 bridgehead atoms. The van der Waals surface area contributed by atoms with Crippen LogP contribution in [0.5, 0.6) is 0 Å². The highest BCUT2D eigenvalue weighted by atomic mass is 79.9. The number of rotatable bonds is 4. The van der Waals surface area contributed by atoms with Gasteiger partial charge in [-0.1, -0.05) is 6.92 Å². The Labute approximate surface area is 116 Å². The molecule has 18 heavy (non-hydrogen) atoms. The highest BCUT2D eigenvalue weighted by molar-refractivity contribution is 9.10. The highest BCUT2D eigenvalue weighted by Gasteiger charge is 2.32. The second-order valence-electron chi connectivity index (χ2n) is 5.05. The highest BCUT2D eigenvalue weighted by Crippen LogP contribution is 2.20. The average molecular weight is 315 g/mol. The molecule has 0 spiro atoms. The number of aromatic nitrogens is 1. The summed E-state index contributed by atoms with van der Waals surface area (Å²) in [4.78, 5) is 12.3. The number of aryl methyl sites for hydroxylation is 1. The van der Waals surface area contributed by atoms with Crippen LogP contribution in [0.4, 0.5) is 0 Å². The molecule has 1 amide bonds. The van der Waals surface area contributed by atoms with Crippen molar-refractivity contribution in [3.05, 3.63) is 22.4 Å². The van der Waals surface area contributed by atoms with Crippen molar-refractivity contribution >= 4 is 21.8 Å². The fourth-order valence-corrected chi connectivity index (χ4v) is 2.66. The van der Waals surface area contributed by atoms with E-state index in [0.29, 0.717) is 12.3 Å². The van der Waals surface area contributed by atoms with Gasteiger partial charge in [-0.15, -0.1) is 0 Å². The average Bonchev–Trinajstić information content (AvgIpc) is 2.86. The lowest BCUT2D eigenvalue weighted by Gasteiger charge is -2.23. The minimum atomic E-state index is -0.231. The minimum Gasteiger partial charge on any atom is -0.379 e. The van der Waals surface area contributed by atoms with E-state index >= 15 is 0 Å². The van der Waals surface area contributed by atoms with Crippen LogP contribution in [-0.4, -0.2) is 29.2 Å². The Bertz CT molecular complexity index is 436. The first kappa shape index (κ1) is 13.6. The van der Waals surface area contributed by atoms with E-state index in [1.807, 2.05) is 23.8 Å². The fourth-order valence-electron chi connectivity index (χ4n) is 2.19. The molecule has 1 aromatic heterocycles. The van der Waals surface area contributed by atoms with Crippen molar-refractivity contribution in [1.29, 1.82) is 0 Å². The number of amides is 1. The molecule has 5 heteroatoms. The summed E-state index contributed by atoms with van der Waals surface area (Å²) in [5.41, 5.74) is 0.474. The first-order valence-electron chi connectivity index (χ1n) is 6.30. The summed E-state index contributed by atoms with van der Waals surface area (Å²) in [5.74, 6) is -0.0258. The van der Waals surface area contributed by atoms with E-state index in [1.54, 1.807) is 0 Å². The summed E-state index contributed by atoms with van der Waals surface area (Å²) in [7, 11) is 0. The smallest absolute Gasteiger partial charge is 0.268 e. The van der Waals surface area contributed by atoms with Gasteiger partial charge in [0.05, 0.1) is 12.1 Å². The lowest BCUT2D eigenvalue weighted by molar-refractivity contribution is 0.0880. The second kappa shape index (κ2) is 5.45. The summed E-state index contributed by atoms with van der Waals surface area (Å²) in [5, 5.41) is 3.08. The number of hydrogen-bond acceptors (Lipinski definition) is 2. The fraction of sp³-hybridized carbons (Fsp3) is 0.615. The lowest BCUT2D eigenvalue weighted by Crippen LogP contribution is -2.46. The molecule has 1 fully saturated rings. The van der Waals surface area contributed by atoms with Crippen LogP contribution in [0.1, 0.15) is 37.2 Å². The SMILES string of the molecule is CCCn1cc(Br)cc1C(=O)NC1(C)CCOC1.